The van der Waals surface area contributed by atoms with Crippen LogP contribution in [0.15, 0.2) is 4.99 Å². The number of hydrogen-bond acceptors (Lipinski definition) is 4. The van der Waals surface area contributed by atoms with Crippen LogP contribution in [0, 0.1) is 0 Å². The second-order valence-electron chi connectivity index (χ2n) is 8.17. The van der Waals surface area contributed by atoms with E-state index in [0.717, 1.165) is 58.1 Å². The van der Waals surface area contributed by atoms with Crippen molar-refractivity contribution in [3.63, 3.8) is 0 Å². The van der Waals surface area contributed by atoms with Crippen LogP contribution >= 0.6 is 24.0 Å². The summed E-state index contributed by atoms with van der Waals surface area (Å²) in [4.78, 5) is 23.8. The molecule has 0 bridgehead atoms. The number of carbonyl (C=O) groups excluding carboxylic acids is 1. The van der Waals surface area contributed by atoms with Gasteiger partial charge in [-0.1, -0.05) is 6.42 Å². The van der Waals surface area contributed by atoms with E-state index in [1.54, 1.807) is 0 Å². The summed E-state index contributed by atoms with van der Waals surface area (Å²) in [6.45, 7) is 10.6. The maximum Gasteiger partial charge on any atom is 0.251 e. The van der Waals surface area contributed by atoms with E-state index in [2.05, 4.69) is 34.0 Å². The fraction of sp³-hybridized carbons (Fsp3) is 0.900. The van der Waals surface area contributed by atoms with Gasteiger partial charge in [0.25, 0.3) is 5.91 Å². The van der Waals surface area contributed by atoms with Crippen molar-refractivity contribution in [3.8, 4) is 0 Å². The molecule has 0 saturated carbocycles. The zero-order valence-corrected chi connectivity index (χ0v) is 20.1. The summed E-state index contributed by atoms with van der Waals surface area (Å²) in [5, 5.41) is 3.56. The molecule has 3 unspecified atom stereocenters. The lowest BCUT2D eigenvalue weighted by Crippen LogP contribution is -2.56. The Morgan fingerprint density at radius 2 is 1.82 bits per heavy atom. The van der Waals surface area contributed by atoms with Crippen LogP contribution < -0.4 is 5.32 Å². The molecule has 3 aliphatic heterocycles. The number of guanidine groups is 1. The molecule has 162 valence electrons. The van der Waals surface area contributed by atoms with Crippen molar-refractivity contribution in [2.45, 2.75) is 64.1 Å². The van der Waals surface area contributed by atoms with Crippen LogP contribution in [0.3, 0.4) is 0 Å². The molecule has 0 aromatic carbocycles. The Labute approximate surface area is 187 Å². The topological polar surface area (TPSA) is 60.4 Å². The average Bonchev–Trinajstić information content (AvgIpc) is 3.23. The van der Waals surface area contributed by atoms with Gasteiger partial charge < -0.3 is 19.9 Å². The Balaban J connectivity index is 0.00000280. The summed E-state index contributed by atoms with van der Waals surface area (Å²) < 4.78 is 5.55. The quantitative estimate of drug-likeness (QED) is 0.357. The van der Waals surface area contributed by atoms with Gasteiger partial charge in [-0.15, -0.1) is 24.0 Å². The van der Waals surface area contributed by atoms with Crippen LogP contribution in [0.25, 0.3) is 0 Å². The van der Waals surface area contributed by atoms with Crippen LogP contribution in [-0.4, -0.2) is 97.7 Å². The number of ether oxygens (including phenoxy) is 1. The van der Waals surface area contributed by atoms with Gasteiger partial charge in [0.15, 0.2) is 5.96 Å². The Kier molecular flexibility index (Phi) is 9.76. The minimum absolute atomic E-state index is 0. The smallest absolute Gasteiger partial charge is 0.251 e. The van der Waals surface area contributed by atoms with Gasteiger partial charge >= 0.3 is 0 Å². The SMILES string of the molecule is CN=C(NCC(C)N1CCCCC1C)N1CCN(C(=O)C2CCCO2)CC1.I. The van der Waals surface area contributed by atoms with Crippen molar-refractivity contribution < 1.29 is 9.53 Å². The average molecular weight is 507 g/mol. The number of nitrogens with zero attached hydrogens (tertiary/aromatic N) is 4. The van der Waals surface area contributed by atoms with Crippen molar-refractivity contribution >= 4 is 35.8 Å². The van der Waals surface area contributed by atoms with Crippen molar-refractivity contribution in [2.75, 3.05) is 52.9 Å². The molecule has 7 nitrogen and oxygen atoms in total. The third-order valence-corrected chi connectivity index (χ3v) is 6.28. The summed E-state index contributed by atoms with van der Waals surface area (Å²) in [5.41, 5.74) is 0. The van der Waals surface area contributed by atoms with Crippen LogP contribution in [0.4, 0.5) is 0 Å². The zero-order chi connectivity index (χ0) is 19.2. The summed E-state index contributed by atoms with van der Waals surface area (Å²) in [6.07, 6.45) is 5.63. The predicted molar refractivity (Wildman–Crippen MR) is 123 cm³/mol. The lowest BCUT2D eigenvalue weighted by Gasteiger charge is -2.40. The fourth-order valence-corrected chi connectivity index (χ4v) is 4.58. The first-order valence-corrected chi connectivity index (χ1v) is 10.7. The minimum Gasteiger partial charge on any atom is -0.368 e. The molecule has 3 atom stereocenters. The van der Waals surface area contributed by atoms with Crippen LogP contribution in [-0.2, 0) is 9.53 Å². The molecule has 0 aromatic rings. The van der Waals surface area contributed by atoms with Crippen molar-refractivity contribution in [2.24, 2.45) is 4.99 Å². The standard InChI is InChI=1S/C20H37N5O2.HI/c1-16-7-4-5-9-25(16)17(2)15-22-20(21-3)24-12-10-23(11-13-24)19(26)18-8-6-14-27-18;/h16-18H,4-15H2,1-3H3,(H,21,22);1H. The molecule has 3 aliphatic rings. The number of aliphatic imine (C=N–C) groups is 1. The number of likely N-dealkylation sites (tertiary alicyclic amines) is 1. The number of halogens is 1. The third kappa shape index (κ3) is 5.95. The molecule has 3 heterocycles. The van der Waals surface area contributed by atoms with Gasteiger partial charge in [-0.3, -0.25) is 14.7 Å². The minimum atomic E-state index is -0.207. The number of nitrogens with one attached hydrogen (secondary N) is 1. The van der Waals surface area contributed by atoms with E-state index in [0.29, 0.717) is 12.1 Å². The second-order valence-corrected chi connectivity index (χ2v) is 8.17. The first-order chi connectivity index (χ1) is 13.1. The van der Waals surface area contributed by atoms with Crippen LogP contribution in [0.5, 0.6) is 0 Å². The monoisotopic (exact) mass is 507 g/mol. The molecular formula is C20H38IN5O2. The molecule has 1 amide bonds. The van der Waals surface area contributed by atoms with E-state index in [1.807, 2.05) is 11.9 Å². The van der Waals surface area contributed by atoms with E-state index < -0.39 is 0 Å². The number of amides is 1. The fourth-order valence-electron chi connectivity index (χ4n) is 4.58. The Morgan fingerprint density at radius 3 is 2.43 bits per heavy atom. The van der Waals surface area contributed by atoms with E-state index in [4.69, 9.17) is 4.74 Å². The molecule has 3 rings (SSSR count). The van der Waals surface area contributed by atoms with Gasteiger partial charge in [0.2, 0.25) is 0 Å². The number of hydrogen-bond donors (Lipinski definition) is 1. The van der Waals surface area contributed by atoms with E-state index in [9.17, 15) is 4.79 Å². The largest absolute Gasteiger partial charge is 0.368 e. The molecule has 1 N–H and O–H groups in total. The first kappa shape index (κ1) is 23.7. The molecule has 3 saturated heterocycles. The van der Waals surface area contributed by atoms with Gasteiger partial charge in [0.05, 0.1) is 0 Å². The molecular weight excluding hydrogens is 469 g/mol. The molecule has 0 radical (unpaired) electrons. The number of piperazine rings is 1. The van der Waals surface area contributed by atoms with Gasteiger partial charge in [-0.25, -0.2) is 0 Å². The van der Waals surface area contributed by atoms with Gasteiger partial charge in [0.1, 0.15) is 6.10 Å². The van der Waals surface area contributed by atoms with Crippen LogP contribution in [0.1, 0.15) is 46.0 Å². The number of piperidine rings is 1. The summed E-state index contributed by atoms with van der Waals surface area (Å²) in [5.74, 6) is 1.12. The van der Waals surface area contributed by atoms with Gasteiger partial charge in [0, 0.05) is 58.5 Å². The molecule has 3 fully saturated rings. The maximum atomic E-state index is 12.5. The highest BCUT2D eigenvalue weighted by Gasteiger charge is 2.31. The molecule has 0 aromatic heterocycles. The van der Waals surface area contributed by atoms with Gasteiger partial charge in [-0.05, 0) is 46.1 Å². The summed E-state index contributed by atoms with van der Waals surface area (Å²) in [7, 11) is 1.85. The van der Waals surface area contributed by atoms with E-state index in [-0.39, 0.29) is 36.0 Å². The molecule has 28 heavy (non-hydrogen) atoms. The zero-order valence-electron chi connectivity index (χ0n) is 17.7. The van der Waals surface area contributed by atoms with E-state index >= 15 is 0 Å². The predicted octanol–water partition coefficient (Wildman–Crippen LogP) is 1.77. The highest BCUT2D eigenvalue weighted by Crippen LogP contribution is 2.19. The number of rotatable bonds is 4. The van der Waals surface area contributed by atoms with Gasteiger partial charge in [-0.2, -0.15) is 0 Å². The molecule has 8 heteroatoms. The lowest BCUT2D eigenvalue weighted by molar-refractivity contribution is -0.142. The summed E-state index contributed by atoms with van der Waals surface area (Å²) >= 11 is 0. The summed E-state index contributed by atoms with van der Waals surface area (Å²) in [6, 6.07) is 1.17. The Morgan fingerprint density at radius 1 is 1.11 bits per heavy atom. The van der Waals surface area contributed by atoms with Crippen molar-refractivity contribution in [1.29, 1.82) is 0 Å². The lowest BCUT2D eigenvalue weighted by atomic mass is 10.0. The number of carbonyl (C=O) groups is 1. The van der Waals surface area contributed by atoms with E-state index in [1.165, 1.54) is 25.8 Å². The normalized spacial score (nSPS) is 28.0. The third-order valence-electron chi connectivity index (χ3n) is 6.28. The first-order valence-electron chi connectivity index (χ1n) is 10.7. The maximum absolute atomic E-state index is 12.5. The highest BCUT2D eigenvalue weighted by molar-refractivity contribution is 14.0. The van der Waals surface area contributed by atoms with Crippen molar-refractivity contribution in [3.05, 3.63) is 0 Å². The second kappa shape index (κ2) is 11.5. The Bertz CT molecular complexity index is 519. The van der Waals surface area contributed by atoms with Crippen molar-refractivity contribution in [1.82, 2.24) is 20.0 Å². The Hall–Kier alpha value is -0.610. The molecule has 0 aliphatic carbocycles. The van der Waals surface area contributed by atoms with Crippen LogP contribution in [0.2, 0.25) is 0 Å². The highest BCUT2D eigenvalue weighted by atomic mass is 127. The molecule has 0 spiro atoms.